The molecule has 2 nitrogen and oxygen atoms in total. The van der Waals surface area contributed by atoms with E-state index in [-0.39, 0.29) is 0 Å². The highest BCUT2D eigenvalue weighted by Crippen LogP contribution is 2.63. The van der Waals surface area contributed by atoms with Crippen LogP contribution >= 0.6 is 0 Å². The Morgan fingerprint density at radius 1 is 0.310 bits per heavy atom. The number of hydrogen-bond acceptors (Lipinski definition) is 1. The predicted octanol–water partition coefficient (Wildman–Crippen LogP) is 18.2. The molecule has 2 aliphatic carbocycles. The fourth-order valence-electron chi connectivity index (χ4n) is 12.7. The Labute approximate surface area is 412 Å². The molecule has 13 aromatic rings. The minimum absolute atomic E-state index is 0.600. The fourth-order valence-corrected chi connectivity index (χ4v) is 12.7. The lowest BCUT2D eigenvalue weighted by Gasteiger charge is -2.41. The average Bonchev–Trinajstić information content (AvgIpc) is 3.93. The predicted molar refractivity (Wildman–Crippen MR) is 298 cm³/mol. The molecule has 0 bridgehead atoms. The monoisotopic (exact) mass is 900 g/mol. The van der Waals surface area contributed by atoms with Crippen LogP contribution in [0.25, 0.3) is 93.5 Å². The maximum Gasteiger partial charge on any atom is 0.0726 e. The first-order valence-electron chi connectivity index (χ1n) is 24.7. The number of fused-ring (bicyclic) bond motifs is 14. The molecular formula is C69H44N2. The van der Waals surface area contributed by atoms with Gasteiger partial charge < -0.3 is 9.47 Å². The van der Waals surface area contributed by atoms with Gasteiger partial charge in [0.25, 0.3) is 0 Å². The maximum absolute atomic E-state index is 2.54. The largest absolute Gasteiger partial charge is 0.309 e. The van der Waals surface area contributed by atoms with Crippen molar-refractivity contribution in [3.8, 4) is 50.2 Å². The van der Waals surface area contributed by atoms with Crippen LogP contribution in [0.2, 0.25) is 0 Å². The van der Waals surface area contributed by atoms with Crippen LogP contribution < -0.4 is 4.90 Å². The van der Waals surface area contributed by atoms with Crippen molar-refractivity contribution in [2.24, 2.45) is 0 Å². The zero-order chi connectivity index (χ0) is 46.6. The van der Waals surface area contributed by atoms with E-state index in [0.717, 1.165) is 39.4 Å². The molecule has 0 fully saturated rings. The van der Waals surface area contributed by atoms with Crippen LogP contribution in [0, 0.1) is 0 Å². The molecule has 1 atom stereocenters. The van der Waals surface area contributed by atoms with Crippen LogP contribution in [-0.2, 0) is 5.41 Å². The number of para-hydroxylation sites is 4. The fraction of sp³-hybridized carbons (Fsp3) is 0.0145. The molecule has 0 radical (unpaired) electrons. The van der Waals surface area contributed by atoms with E-state index in [1.807, 2.05) is 0 Å². The first-order valence-corrected chi connectivity index (χ1v) is 24.7. The number of hydrogen-bond donors (Lipinski definition) is 0. The topological polar surface area (TPSA) is 8.17 Å². The number of benzene rings is 12. The summed E-state index contributed by atoms with van der Waals surface area (Å²) in [6, 6.07) is 99.4. The first-order chi connectivity index (χ1) is 35.3. The molecule has 0 saturated carbocycles. The van der Waals surface area contributed by atoms with E-state index in [1.54, 1.807) is 0 Å². The molecule has 0 amide bonds. The highest BCUT2D eigenvalue weighted by molar-refractivity contribution is 6.14. The Bertz CT molecular complexity index is 4290. The van der Waals surface area contributed by atoms with Crippen LogP contribution in [0.15, 0.2) is 267 Å². The number of anilines is 3. The second kappa shape index (κ2) is 15.4. The quantitative estimate of drug-likeness (QED) is 0.161. The summed E-state index contributed by atoms with van der Waals surface area (Å²) in [4.78, 5) is 2.53. The average molecular weight is 901 g/mol. The molecular weight excluding hydrogens is 857 g/mol. The number of rotatable bonds is 6. The van der Waals surface area contributed by atoms with Crippen LogP contribution in [-0.4, -0.2) is 4.57 Å². The highest BCUT2D eigenvalue weighted by Gasteiger charge is 2.50. The molecule has 330 valence electrons. The number of aromatic nitrogens is 1. The molecule has 2 aliphatic rings. The van der Waals surface area contributed by atoms with Gasteiger partial charge in [0.2, 0.25) is 0 Å². The van der Waals surface area contributed by atoms with Crippen LogP contribution in [0.5, 0.6) is 0 Å². The summed E-state index contributed by atoms with van der Waals surface area (Å²) < 4.78 is 2.40. The molecule has 15 rings (SSSR count). The summed E-state index contributed by atoms with van der Waals surface area (Å²) in [5.74, 6) is 0. The van der Waals surface area contributed by atoms with Crippen molar-refractivity contribution < 1.29 is 0 Å². The SMILES string of the molecule is c1ccc(-c2ccccc2N(c2ccc3c(c2)C2(c4ccccc4-3)c3ccc4ccccc4c3-c3cccc4cccc2c34)c2ccccc2-c2ccc3c(c2)c2ccccc2n3-c2ccccc2)cc1. The normalized spacial score (nSPS) is 14.3. The summed E-state index contributed by atoms with van der Waals surface area (Å²) in [5.41, 5.74) is 21.3. The van der Waals surface area contributed by atoms with Gasteiger partial charge in [-0.1, -0.05) is 212 Å². The third-order valence-electron chi connectivity index (χ3n) is 15.6. The molecule has 0 saturated heterocycles. The lowest BCUT2D eigenvalue weighted by Crippen LogP contribution is -2.32. The van der Waals surface area contributed by atoms with Crippen molar-refractivity contribution in [3.63, 3.8) is 0 Å². The Balaban J connectivity index is 1.02. The molecule has 1 spiro atoms. The minimum atomic E-state index is -0.600. The molecule has 1 unspecified atom stereocenters. The van der Waals surface area contributed by atoms with Crippen molar-refractivity contribution in [2.45, 2.75) is 5.41 Å². The van der Waals surface area contributed by atoms with Gasteiger partial charge in [0.1, 0.15) is 0 Å². The van der Waals surface area contributed by atoms with Gasteiger partial charge in [0.15, 0.2) is 0 Å². The van der Waals surface area contributed by atoms with Crippen LogP contribution in [0.3, 0.4) is 0 Å². The van der Waals surface area contributed by atoms with E-state index in [1.165, 1.54) is 93.4 Å². The third-order valence-corrected chi connectivity index (χ3v) is 15.6. The summed E-state index contributed by atoms with van der Waals surface area (Å²) >= 11 is 0. The van der Waals surface area contributed by atoms with E-state index < -0.39 is 5.41 Å². The van der Waals surface area contributed by atoms with Gasteiger partial charge in [-0.15, -0.1) is 0 Å². The molecule has 1 aromatic heterocycles. The van der Waals surface area contributed by atoms with E-state index in [9.17, 15) is 0 Å². The van der Waals surface area contributed by atoms with Crippen molar-refractivity contribution in [1.82, 2.24) is 4.57 Å². The van der Waals surface area contributed by atoms with Crippen LogP contribution in [0.4, 0.5) is 17.1 Å². The van der Waals surface area contributed by atoms with E-state index >= 15 is 0 Å². The van der Waals surface area contributed by atoms with Gasteiger partial charge in [-0.3, -0.25) is 0 Å². The van der Waals surface area contributed by atoms with Crippen molar-refractivity contribution in [2.75, 3.05) is 4.90 Å². The van der Waals surface area contributed by atoms with Gasteiger partial charge in [-0.05, 0) is 132 Å². The zero-order valence-electron chi connectivity index (χ0n) is 38.8. The lowest BCUT2D eigenvalue weighted by molar-refractivity contribution is 0.775. The molecule has 71 heavy (non-hydrogen) atoms. The van der Waals surface area contributed by atoms with E-state index in [2.05, 4.69) is 276 Å². The smallest absolute Gasteiger partial charge is 0.0726 e. The Morgan fingerprint density at radius 3 is 1.72 bits per heavy atom. The second-order valence-corrected chi connectivity index (χ2v) is 19.1. The second-order valence-electron chi connectivity index (χ2n) is 19.1. The van der Waals surface area contributed by atoms with Crippen molar-refractivity contribution in [3.05, 3.63) is 289 Å². The minimum Gasteiger partial charge on any atom is -0.309 e. The van der Waals surface area contributed by atoms with Crippen LogP contribution in [0.1, 0.15) is 22.3 Å². The number of nitrogens with zero attached hydrogens (tertiary/aromatic N) is 2. The van der Waals surface area contributed by atoms with Gasteiger partial charge in [0.05, 0.1) is 27.8 Å². The summed E-state index contributed by atoms with van der Waals surface area (Å²) in [7, 11) is 0. The molecule has 1 heterocycles. The highest BCUT2D eigenvalue weighted by atomic mass is 15.1. The molecule has 12 aromatic carbocycles. The van der Waals surface area contributed by atoms with Gasteiger partial charge >= 0.3 is 0 Å². The summed E-state index contributed by atoms with van der Waals surface area (Å²) in [6.45, 7) is 0. The Morgan fingerprint density at radius 2 is 0.901 bits per heavy atom. The third kappa shape index (κ3) is 5.65. The van der Waals surface area contributed by atoms with E-state index in [4.69, 9.17) is 0 Å². The standard InChI is InChI=1S/C69H44N2/c1-3-19-45(20-4-1)51-26-10-14-34-63(51)71(64-35-15-11-27-52(64)48-38-42-66-58(43-48)56-30-12-16-36-65(56)70(66)49-24-5-2-6-25-49)50-39-40-55-54-29-9-13-32-59(54)69(62(55)44-50)60-33-18-23-47-22-17-31-57(67(47)60)68-53-28-8-7-21-46(53)37-41-61(68)69/h1-44H. The molecule has 0 aliphatic heterocycles. The Kier molecular flexibility index (Phi) is 8.61. The first kappa shape index (κ1) is 39.7. The molecule has 0 N–H and O–H groups in total. The summed E-state index contributed by atoms with van der Waals surface area (Å²) in [6.07, 6.45) is 0. The summed E-state index contributed by atoms with van der Waals surface area (Å²) in [5, 5.41) is 7.58. The van der Waals surface area contributed by atoms with Crippen molar-refractivity contribution >= 4 is 60.4 Å². The zero-order valence-corrected chi connectivity index (χ0v) is 38.8. The van der Waals surface area contributed by atoms with E-state index in [0.29, 0.717) is 0 Å². The van der Waals surface area contributed by atoms with Gasteiger partial charge in [-0.2, -0.15) is 0 Å². The van der Waals surface area contributed by atoms with Gasteiger partial charge in [-0.25, -0.2) is 0 Å². The van der Waals surface area contributed by atoms with Crippen molar-refractivity contribution in [1.29, 1.82) is 0 Å². The van der Waals surface area contributed by atoms with Gasteiger partial charge in [0, 0.05) is 33.3 Å². The molecule has 2 heteroatoms. The maximum atomic E-state index is 2.54. The lowest BCUT2D eigenvalue weighted by atomic mass is 9.61. The Hall–Kier alpha value is -9.24.